The maximum Gasteiger partial charge on any atom is 0.0893 e. The van der Waals surface area contributed by atoms with Crippen LogP contribution in [0.25, 0.3) is 0 Å². The fraction of sp³-hybridized carbons (Fsp3) is 0.636. The molecule has 1 heterocycles. The van der Waals surface area contributed by atoms with Gasteiger partial charge in [0.2, 0.25) is 0 Å². The molecule has 1 aromatic rings. The van der Waals surface area contributed by atoms with E-state index in [0.29, 0.717) is 5.41 Å². The van der Waals surface area contributed by atoms with Crippen molar-refractivity contribution in [2.24, 2.45) is 5.41 Å². The number of aliphatic hydroxyl groups is 1. The van der Waals surface area contributed by atoms with Crippen LogP contribution >= 0.6 is 27.3 Å². The third-order valence-corrected chi connectivity index (χ3v) is 4.09. The molecule has 0 fully saturated rings. The van der Waals surface area contributed by atoms with Gasteiger partial charge in [-0.15, -0.1) is 11.3 Å². The van der Waals surface area contributed by atoms with E-state index in [1.165, 1.54) is 0 Å². The van der Waals surface area contributed by atoms with Crippen molar-refractivity contribution in [3.8, 4) is 0 Å². The number of thiophene rings is 1. The molecule has 1 aromatic heterocycles. The Morgan fingerprint density at radius 3 is 2.57 bits per heavy atom. The first-order valence-electron chi connectivity index (χ1n) is 4.81. The molecule has 0 amide bonds. The van der Waals surface area contributed by atoms with Crippen molar-refractivity contribution < 1.29 is 5.11 Å². The molecule has 0 saturated heterocycles. The second-order valence-corrected chi connectivity index (χ2v) is 6.55. The van der Waals surface area contributed by atoms with Gasteiger partial charge in [0.1, 0.15) is 0 Å². The van der Waals surface area contributed by atoms with Gasteiger partial charge in [0.25, 0.3) is 0 Å². The lowest BCUT2D eigenvalue weighted by Crippen LogP contribution is -2.07. The highest BCUT2D eigenvalue weighted by atomic mass is 79.9. The zero-order valence-corrected chi connectivity index (χ0v) is 11.3. The van der Waals surface area contributed by atoms with Crippen LogP contribution in [-0.4, -0.2) is 5.11 Å². The highest BCUT2D eigenvalue weighted by Gasteiger charge is 2.17. The molecule has 1 rings (SSSR count). The largest absolute Gasteiger partial charge is 0.388 e. The molecule has 0 aliphatic heterocycles. The van der Waals surface area contributed by atoms with Crippen LogP contribution in [0.4, 0.5) is 0 Å². The van der Waals surface area contributed by atoms with E-state index < -0.39 is 0 Å². The average Bonchev–Trinajstić information content (AvgIpc) is 2.46. The third kappa shape index (κ3) is 3.71. The Morgan fingerprint density at radius 2 is 2.14 bits per heavy atom. The summed E-state index contributed by atoms with van der Waals surface area (Å²) in [6.07, 6.45) is 1.56. The van der Waals surface area contributed by atoms with E-state index in [2.05, 4.69) is 36.7 Å². The van der Waals surface area contributed by atoms with Crippen LogP contribution in [0.5, 0.6) is 0 Å². The van der Waals surface area contributed by atoms with E-state index in [0.717, 1.165) is 22.2 Å². The molecule has 0 bridgehead atoms. The van der Waals surface area contributed by atoms with Gasteiger partial charge in [-0.25, -0.2) is 0 Å². The van der Waals surface area contributed by atoms with Crippen molar-refractivity contribution in [1.29, 1.82) is 0 Å². The summed E-state index contributed by atoms with van der Waals surface area (Å²) in [5, 5.41) is 11.9. The van der Waals surface area contributed by atoms with E-state index in [1.807, 2.05) is 11.4 Å². The lowest BCUT2D eigenvalue weighted by Gasteiger charge is -2.19. The van der Waals surface area contributed by atoms with Crippen molar-refractivity contribution in [3.63, 3.8) is 0 Å². The molecule has 3 heteroatoms. The molecule has 14 heavy (non-hydrogen) atoms. The molecule has 1 N–H and O–H groups in total. The van der Waals surface area contributed by atoms with Gasteiger partial charge in [-0.2, -0.15) is 0 Å². The molecule has 0 aromatic carbocycles. The second kappa shape index (κ2) is 4.77. The Balaban J connectivity index is 2.51. The lowest BCUT2D eigenvalue weighted by molar-refractivity contribution is 0.150. The topological polar surface area (TPSA) is 20.2 Å². The van der Waals surface area contributed by atoms with Crippen LogP contribution in [0, 0.1) is 5.41 Å². The Kier molecular flexibility index (Phi) is 4.16. The van der Waals surface area contributed by atoms with Gasteiger partial charge in [0, 0.05) is 9.35 Å². The van der Waals surface area contributed by atoms with Crippen LogP contribution in [-0.2, 0) is 0 Å². The summed E-state index contributed by atoms with van der Waals surface area (Å²) in [6.45, 7) is 6.59. The summed E-state index contributed by atoms with van der Waals surface area (Å²) in [6, 6.07) is 1.99. The van der Waals surface area contributed by atoms with Gasteiger partial charge in [-0.1, -0.05) is 20.8 Å². The summed E-state index contributed by atoms with van der Waals surface area (Å²) in [7, 11) is 0. The van der Waals surface area contributed by atoms with E-state index in [9.17, 15) is 5.11 Å². The molecule has 1 nitrogen and oxygen atoms in total. The molecule has 0 spiro atoms. The van der Waals surface area contributed by atoms with Crippen molar-refractivity contribution in [1.82, 2.24) is 0 Å². The van der Waals surface area contributed by atoms with Crippen molar-refractivity contribution in [2.45, 2.75) is 39.7 Å². The first-order chi connectivity index (χ1) is 6.40. The molecule has 1 unspecified atom stereocenters. The predicted octanol–water partition coefficient (Wildman–Crippen LogP) is 4.37. The minimum absolute atomic E-state index is 0.296. The van der Waals surface area contributed by atoms with E-state index in [4.69, 9.17) is 0 Å². The van der Waals surface area contributed by atoms with Crippen LogP contribution in [0.15, 0.2) is 15.9 Å². The number of aliphatic hydroxyl groups excluding tert-OH is 1. The van der Waals surface area contributed by atoms with Gasteiger partial charge in [0.05, 0.1) is 6.10 Å². The third-order valence-electron chi connectivity index (χ3n) is 2.12. The average molecular weight is 277 g/mol. The maximum absolute atomic E-state index is 9.93. The first-order valence-corrected chi connectivity index (χ1v) is 6.48. The van der Waals surface area contributed by atoms with Gasteiger partial charge >= 0.3 is 0 Å². The summed E-state index contributed by atoms with van der Waals surface area (Å²) < 4.78 is 1.03. The summed E-state index contributed by atoms with van der Waals surface area (Å²) in [5.41, 5.74) is 0.296. The summed E-state index contributed by atoms with van der Waals surface area (Å²) >= 11 is 5.05. The van der Waals surface area contributed by atoms with Gasteiger partial charge in [0.15, 0.2) is 0 Å². The summed E-state index contributed by atoms with van der Waals surface area (Å²) in [5.74, 6) is 0. The van der Waals surface area contributed by atoms with Crippen LogP contribution in [0.2, 0.25) is 0 Å². The predicted molar refractivity (Wildman–Crippen MR) is 65.7 cm³/mol. The highest BCUT2D eigenvalue weighted by molar-refractivity contribution is 9.10. The lowest BCUT2D eigenvalue weighted by atomic mass is 9.89. The Bertz CT molecular complexity index is 288. The molecule has 1 atom stereocenters. The van der Waals surface area contributed by atoms with Gasteiger partial charge in [-0.05, 0) is 45.6 Å². The van der Waals surface area contributed by atoms with E-state index >= 15 is 0 Å². The van der Waals surface area contributed by atoms with Crippen LogP contribution < -0.4 is 0 Å². The fourth-order valence-corrected chi connectivity index (χ4v) is 2.90. The second-order valence-electron chi connectivity index (χ2n) is 4.75. The zero-order chi connectivity index (χ0) is 10.8. The number of hydrogen-bond acceptors (Lipinski definition) is 2. The Labute approximate surface area is 98.3 Å². The highest BCUT2D eigenvalue weighted by Crippen LogP contribution is 2.34. The van der Waals surface area contributed by atoms with Crippen molar-refractivity contribution >= 4 is 27.3 Å². The molecule has 0 aliphatic carbocycles. The van der Waals surface area contributed by atoms with E-state index in [1.54, 1.807) is 11.3 Å². The fourth-order valence-electron chi connectivity index (χ4n) is 1.24. The van der Waals surface area contributed by atoms with E-state index in [-0.39, 0.29) is 6.10 Å². The van der Waals surface area contributed by atoms with Crippen LogP contribution in [0.1, 0.15) is 44.6 Å². The molecular weight excluding hydrogens is 260 g/mol. The van der Waals surface area contributed by atoms with Crippen LogP contribution in [0.3, 0.4) is 0 Å². The molecule has 0 aliphatic rings. The van der Waals surface area contributed by atoms with Gasteiger partial charge in [-0.3, -0.25) is 0 Å². The Morgan fingerprint density at radius 1 is 1.50 bits per heavy atom. The Hall–Kier alpha value is 0.140. The molecule has 0 saturated carbocycles. The van der Waals surface area contributed by atoms with Crippen molar-refractivity contribution in [2.75, 3.05) is 0 Å². The zero-order valence-electron chi connectivity index (χ0n) is 8.88. The number of rotatable bonds is 3. The van der Waals surface area contributed by atoms with Gasteiger partial charge < -0.3 is 5.11 Å². The SMILES string of the molecule is CC(C)(C)CCC(O)c1sccc1Br. The number of hydrogen-bond donors (Lipinski definition) is 1. The standard InChI is InChI=1S/C11H17BrOS/c1-11(2,3)6-4-9(13)10-8(12)5-7-14-10/h5,7,9,13H,4,6H2,1-3H3. The summed E-state index contributed by atoms with van der Waals surface area (Å²) in [4.78, 5) is 1.05. The molecule has 80 valence electrons. The molecule has 0 radical (unpaired) electrons. The smallest absolute Gasteiger partial charge is 0.0893 e. The minimum atomic E-state index is -0.316. The monoisotopic (exact) mass is 276 g/mol. The first kappa shape index (κ1) is 12.2. The maximum atomic E-state index is 9.93. The molecular formula is C11H17BrOS. The minimum Gasteiger partial charge on any atom is -0.388 e. The normalized spacial score (nSPS) is 14.4. The van der Waals surface area contributed by atoms with Crippen molar-refractivity contribution in [3.05, 3.63) is 20.8 Å². The quantitative estimate of drug-likeness (QED) is 0.869. The number of halogens is 1.